The van der Waals surface area contributed by atoms with Gasteiger partial charge in [-0.05, 0) is 12.1 Å². The SMILES string of the molecule is NCC#Cc1cc(Cl)c(S(=O)(=O)N2CCOCC2)c(Cl)c1. The smallest absolute Gasteiger partial charge is 0.246 e. The molecule has 1 fully saturated rings. The molecule has 1 aromatic carbocycles. The van der Waals surface area contributed by atoms with Crippen molar-refractivity contribution in [2.45, 2.75) is 4.90 Å². The molecule has 0 atom stereocenters. The molecule has 1 aliphatic rings. The van der Waals surface area contributed by atoms with Crippen molar-refractivity contribution < 1.29 is 13.2 Å². The molecule has 1 heterocycles. The molecule has 5 nitrogen and oxygen atoms in total. The Bertz CT molecular complexity index is 666. The van der Waals surface area contributed by atoms with Crippen LogP contribution in [0.25, 0.3) is 0 Å². The van der Waals surface area contributed by atoms with E-state index < -0.39 is 10.0 Å². The summed E-state index contributed by atoms with van der Waals surface area (Å²) in [7, 11) is -3.74. The van der Waals surface area contributed by atoms with Crippen molar-refractivity contribution in [1.82, 2.24) is 4.31 Å². The lowest BCUT2D eigenvalue weighted by Gasteiger charge is -2.26. The maximum atomic E-state index is 12.6. The van der Waals surface area contributed by atoms with Crippen molar-refractivity contribution in [3.63, 3.8) is 0 Å². The molecule has 21 heavy (non-hydrogen) atoms. The van der Waals surface area contributed by atoms with Crippen molar-refractivity contribution in [3.8, 4) is 11.8 Å². The van der Waals surface area contributed by atoms with Crippen LogP contribution in [0.2, 0.25) is 10.0 Å². The number of benzene rings is 1. The van der Waals surface area contributed by atoms with E-state index in [1.807, 2.05) is 0 Å². The zero-order valence-electron chi connectivity index (χ0n) is 11.1. The van der Waals surface area contributed by atoms with Crippen molar-refractivity contribution >= 4 is 33.2 Å². The third-order valence-corrected chi connectivity index (χ3v) is 5.72. The number of hydrogen-bond acceptors (Lipinski definition) is 4. The van der Waals surface area contributed by atoms with E-state index >= 15 is 0 Å². The van der Waals surface area contributed by atoms with Crippen LogP contribution in [-0.2, 0) is 14.8 Å². The maximum absolute atomic E-state index is 12.6. The lowest BCUT2D eigenvalue weighted by molar-refractivity contribution is 0.0730. The third-order valence-electron chi connectivity index (χ3n) is 2.90. The first kappa shape index (κ1) is 16.6. The Kier molecular flexibility index (Phi) is 5.49. The highest BCUT2D eigenvalue weighted by Crippen LogP contribution is 2.33. The fourth-order valence-electron chi connectivity index (χ4n) is 1.95. The van der Waals surface area contributed by atoms with Gasteiger partial charge in [0.2, 0.25) is 10.0 Å². The Balaban J connectivity index is 2.43. The zero-order valence-corrected chi connectivity index (χ0v) is 13.4. The second-order valence-corrected chi connectivity index (χ2v) is 6.98. The summed E-state index contributed by atoms with van der Waals surface area (Å²) in [4.78, 5) is -0.0916. The molecule has 0 amide bonds. The number of nitrogens with two attached hydrogens (primary N) is 1. The van der Waals surface area contributed by atoms with Gasteiger partial charge in [-0.1, -0.05) is 35.0 Å². The molecule has 2 rings (SSSR count). The fourth-order valence-corrected chi connectivity index (χ4v) is 4.52. The number of nitrogens with zero attached hydrogens (tertiary/aromatic N) is 1. The average molecular weight is 349 g/mol. The molecule has 0 aromatic heterocycles. The predicted molar refractivity (Wildman–Crippen MR) is 82.0 cm³/mol. The summed E-state index contributed by atoms with van der Waals surface area (Å²) >= 11 is 12.2. The standard InChI is InChI=1S/C13H14Cl2N2O3S/c14-11-8-10(2-1-3-16)9-12(15)13(11)21(18,19)17-4-6-20-7-5-17/h8-9H,3-7,16H2. The molecule has 114 valence electrons. The molecule has 0 spiro atoms. The van der Waals surface area contributed by atoms with Gasteiger partial charge in [0, 0.05) is 18.7 Å². The number of ether oxygens (including phenoxy) is 1. The second-order valence-electron chi connectivity index (χ2n) is 4.29. The number of halogens is 2. The number of rotatable bonds is 2. The van der Waals surface area contributed by atoms with Crippen LogP contribution < -0.4 is 5.73 Å². The van der Waals surface area contributed by atoms with E-state index in [1.54, 1.807) is 0 Å². The molecule has 0 unspecified atom stereocenters. The highest BCUT2D eigenvalue weighted by atomic mass is 35.5. The van der Waals surface area contributed by atoms with Crippen LogP contribution in [0.5, 0.6) is 0 Å². The van der Waals surface area contributed by atoms with Gasteiger partial charge in [-0.3, -0.25) is 0 Å². The van der Waals surface area contributed by atoms with Crippen LogP contribution in [0.3, 0.4) is 0 Å². The van der Waals surface area contributed by atoms with E-state index in [4.69, 9.17) is 33.7 Å². The van der Waals surface area contributed by atoms with Crippen LogP contribution in [0.1, 0.15) is 5.56 Å². The average Bonchev–Trinajstić information content (AvgIpc) is 2.45. The number of hydrogen-bond donors (Lipinski definition) is 1. The molecular formula is C13H14Cl2N2O3S. The number of sulfonamides is 1. The molecule has 0 bridgehead atoms. The van der Waals surface area contributed by atoms with E-state index in [1.165, 1.54) is 16.4 Å². The molecule has 1 aromatic rings. The number of morpholine rings is 1. The van der Waals surface area contributed by atoms with Gasteiger partial charge < -0.3 is 10.5 Å². The minimum Gasteiger partial charge on any atom is -0.379 e. The molecular weight excluding hydrogens is 335 g/mol. The van der Waals surface area contributed by atoms with Crippen LogP contribution in [0, 0.1) is 11.8 Å². The van der Waals surface area contributed by atoms with Gasteiger partial charge in [0.05, 0.1) is 29.8 Å². The molecule has 2 N–H and O–H groups in total. The largest absolute Gasteiger partial charge is 0.379 e. The Morgan fingerprint density at radius 3 is 2.33 bits per heavy atom. The lowest BCUT2D eigenvalue weighted by Crippen LogP contribution is -2.40. The summed E-state index contributed by atoms with van der Waals surface area (Å²) in [5.74, 6) is 5.44. The quantitative estimate of drug-likeness (QED) is 0.818. The van der Waals surface area contributed by atoms with Gasteiger partial charge in [0.15, 0.2) is 0 Å². The lowest BCUT2D eigenvalue weighted by atomic mass is 10.2. The predicted octanol–water partition coefficient (Wildman–Crippen LogP) is 1.32. The summed E-state index contributed by atoms with van der Waals surface area (Å²) in [5, 5.41) is 0.102. The summed E-state index contributed by atoms with van der Waals surface area (Å²) in [6.45, 7) is 1.47. The van der Waals surface area contributed by atoms with E-state index in [-0.39, 0.29) is 34.6 Å². The van der Waals surface area contributed by atoms with Gasteiger partial charge in [-0.2, -0.15) is 4.31 Å². The maximum Gasteiger partial charge on any atom is 0.246 e. The van der Waals surface area contributed by atoms with Gasteiger partial charge in [0.1, 0.15) is 4.90 Å². The monoisotopic (exact) mass is 348 g/mol. The molecule has 0 aliphatic carbocycles. The molecule has 1 saturated heterocycles. The van der Waals surface area contributed by atoms with E-state index in [0.717, 1.165) is 0 Å². The summed E-state index contributed by atoms with van der Waals surface area (Å²) < 4.78 is 31.7. The van der Waals surface area contributed by atoms with Crippen molar-refractivity contribution in [2.24, 2.45) is 5.73 Å². The van der Waals surface area contributed by atoms with Crippen LogP contribution in [0.4, 0.5) is 0 Å². The first-order valence-corrected chi connectivity index (χ1v) is 8.42. The first-order valence-electron chi connectivity index (χ1n) is 6.22. The van der Waals surface area contributed by atoms with Crippen molar-refractivity contribution in [3.05, 3.63) is 27.7 Å². The highest BCUT2D eigenvalue weighted by Gasteiger charge is 2.30. The Morgan fingerprint density at radius 1 is 1.24 bits per heavy atom. The van der Waals surface area contributed by atoms with Crippen molar-refractivity contribution in [2.75, 3.05) is 32.8 Å². The molecule has 0 saturated carbocycles. The minimum atomic E-state index is -3.74. The van der Waals surface area contributed by atoms with Gasteiger partial charge in [-0.25, -0.2) is 8.42 Å². The highest BCUT2D eigenvalue weighted by molar-refractivity contribution is 7.89. The van der Waals surface area contributed by atoms with Crippen LogP contribution in [-0.4, -0.2) is 45.6 Å². The fraction of sp³-hybridized carbons (Fsp3) is 0.385. The summed E-state index contributed by atoms with van der Waals surface area (Å²) in [6, 6.07) is 2.95. The Morgan fingerprint density at radius 2 is 1.81 bits per heavy atom. The Labute approximate surface area is 134 Å². The topological polar surface area (TPSA) is 72.6 Å². The molecule has 1 aliphatic heterocycles. The van der Waals surface area contributed by atoms with E-state index in [9.17, 15) is 8.42 Å². The van der Waals surface area contributed by atoms with Gasteiger partial charge in [0.25, 0.3) is 0 Å². The summed E-state index contributed by atoms with van der Waals surface area (Å²) in [6.07, 6.45) is 0. The minimum absolute atomic E-state index is 0.0512. The van der Waals surface area contributed by atoms with Crippen molar-refractivity contribution in [1.29, 1.82) is 0 Å². The molecule has 8 heteroatoms. The van der Waals surface area contributed by atoms with Crippen LogP contribution >= 0.6 is 23.2 Å². The first-order chi connectivity index (χ1) is 9.96. The second kappa shape index (κ2) is 6.97. The summed E-state index contributed by atoms with van der Waals surface area (Å²) in [5.41, 5.74) is 5.82. The third kappa shape index (κ3) is 3.69. The zero-order chi connectivity index (χ0) is 15.5. The van der Waals surface area contributed by atoms with E-state index in [2.05, 4.69) is 11.8 Å². The van der Waals surface area contributed by atoms with Crippen LogP contribution in [0.15, 0.2) is 17.0 Å². The van der Waals surface area contributed by atoms with E-state index in [0.29, 0.717) is 18.8 Å². The van der Waals surface area contributed by atoms with Gasteiger partial charge in [-0.15, -0.1) is 0 Å². The Hall–Kier alpha value is -0.810. The normalized spacial score (nSPS) is 16.3. The molecule has 0 radical (unpaired) electrons. The van der Waals surface area contributed by atoms with Gasteiger partial charge >= 0.3 is 0 Å².